The van der Waals surface area contributed by atoms with Crippen LogP contribution in [0.15, 0.2) is 45.9 Å². The third kappa shape index (κ3) is 3.38. The summed E-state index contributed by atoms with van der Waals surface area (Å²) in [7, 11) is 1.27. The van der Waals surface area contributed by atoms with Gasteiger partial charge in [0.15, 0.2) is 0 Å². The molecule has 1 aromatic carbocycles. The third-order valence-corrected chi connectivity index (χ3v) is 5.02. The highest BCUT2D eigenvalue weighted by Crippen LogP contribution is 2.26. The predicted octanol–water partition coefficient (Wildman–Crippen LogP) is 3.25. The zero-order valence-corrected chi connectivity index (χ0v) is 13.8. The molecule has 0 radical (unpaired) electrons. The molecule has 0 aliphatic heterocycles. The minimum atomic E-state index is -0.638. The molecule has 2 aromatic heterocycles. The maximum absolute atomic E-state index is 12.1. The molecule has 0 aliphatic carbocycles. The Morgan fingerprint density at radius 2 is 2.26 bits per heavy atom. The van der Waals surface area contributed by atoms with Crippen LogP contribution in [0.2, 0.25) is 0 Å². The van der Waals surface area contributed by atoms with E-state index in [9.17, 15) is 9.90 Å². The number of para-hydroxylation sites is 2. The molecule has 23 heavy (non-hydrogen) atoms. The van der Waals surface area contributed by atoms with Crippen molar-refractivity contribution in [2.75, 3.05) is 12.9 Å². The van der Waals surface area contributed by atoms with E-state index in [1.165, 1.54) is 30.2 Å². The molecule has 0 spiro atoms. The van der Waals surface area contributed by atoms with Gasteiger partial charge >= 0.3 is 5.97 Å². The van der Waals surface area contributed by atoms with Gasteiger partial charge in [-0.3, -0.25) is 0 Å². The van der Waals surface area contributed by atoms with Gasteiger partial charge in [0, 0.05) is 11.6 Å². The molecule has 2 heterocycles. The highest BCUT2D eigenvalue weighted by Gasteiger charge is 2.22. The first kappa shape index (κ1) is 15.6. The van der Waals surface area contributed by atoms with Gasteiger partial charge in [0.25, 0.3) is 0 Å². The molecule has 0 fully saturated rings. The summed E-state index contributed by atoms with van der Waals surface area (Å²) in [6, 6.07) is 7.39. The van der Waals surface area contributed by atoms with Gasteiger partial charge in [0.2, 0.25) is 0 Å². The maximum Gasteiger partial charge on any atom is 0.345 e. The van der Waals surface area contributed by atoms with Crippen LogP contribution in [0.25, 0.3) is 16.6 Å². The Kier molecular flexibility index (Phi) is 4.63. The number of thiazole rings is 1. The van der Waals surface area contributed by atoms with Crippen LogP contribution >= 0.6 is 23.1 Å². The van der Waals surface area contributed by atoms with Crippen LogP contribution in [0, 0.1) is 0 Å². The number of hydrogen-bond acceptors (Lipinski definition) is 7. The lowest BCUT2D eigenvalue weighted by Crippen LogP contribution is -2.09. The number of aliphatic hydroxyl groups is 1. The summed E-state index contributed by atoms with van der Waals surface area (Å²) in [5.41, 5.74) is 1.53. The van der Waals surface area contributed by atoms with E-state index in [1.54, 1.807) is 6.20 Å². The van der Waals surface area contributed by atoms with Crippen LogP contribution in [0.3, 0.4) is 0 Å². The number of carbonyl (C=O) groups excluding carboxylic acids is 1. The van der Waals surface area contributed by atoms with Crippen molar-refractivity contribution in [3.8, 4) is 0 Å². The fourth-order valence-corrected chi connectivity index (χ4v) is 3.52. The number of imidazole rings is 1. The van der Waals surface area contributed by atoms with Crippen LogP contribution in [0.5, 0.6) is 0 Å². The Bertz CT molecular complexity index is 823. The number of rotatable bonds is 5. The quantitative estimate of drug-likeness (QED) is 0.319. The number of thioether (sulfide) groups is 1. The lowest BCUT2D eigenvalue weighted by atomic mass is 10.2. The van der Waals surface area contributed by atoms with Crippen molar-refractivity contribution in [1.82, 2.24) is 15.0 Å². The third-order valence-electron chi connectivity index (χ3n) is 3.05. The van der Waals surface area contributed by atoms with Crippen LogP contribution in [-0.4, -0.2) is 38.9 Å². The fourth-order valence-electron chi connectivity index (χ4n) is 2.01. The summed E-state index contributed by atoms with van der Waals surface area (Å²) in [4.78, 5) is 23.6. The summed E-state index contributed by atoms with van der Waals surface area (Å²) in [6.07, 6.45) is 1.69. The summed E-state index contributed by atoms with van der Waals surface area (Å²) in [5, 5.41) is 12.2. The standard InChI is InChI=1S/C15H13N3O3S2/c1-21-14(20)12(11(19)8-23-15-16-6-7-22-15)13-17-9-4-2-3-5-10(9)18-13/h2-7,19H,8H2,1H3,(H,17,18)/b12-11+. The normalized spacial score (nSPS) is 12.2. The molecular weight excluding hydrogens is 334 g/mol. The molecule has 0 unspecified atom stereocenters. The number of aliphatic hydroxyl groups excluding tert-OH is 1. The van der Waals surface area contributed by atoms with Crippen LogP contribution < -0.4 is 0 Å². The molecule has 0 atom stereocenters. The van der Waals surface area contributed by atoms with Crippen molar-refractivity contribution >= 4 is 45.7 Å². The summed E-state index contributed by atoms with van der Waals surface area (Å²) in [5.74, 6) is -0.248. The van der Waals surface area contributed by atoms with E-state index in [-0.39, 0.29) is 22.9 Å². The van der Waals surface area contributed by atoms with E-state index >= 15 is 0 Å². The number of nitrogens with zero attached hydrogens (tertiary/aromatic N) is 2. The molecule has 3 rings (SSSR count). The monoisotopic (exact) mass is 347 g/mol. The molecular formula is C15H13N3O3S2. The highest BCUT2D eigenvalue weighted by molar-refractivity contribution is 8.01. The average molecular weight is 347 g/mol. The zero-order valence-electron chi connectivity index (χ0n) is 12.1. The second-order valence-electron chi connectivity index (χ2n) is 4.50. The minimum Gasteiger partial charge on any atom is -0.510 e. The van der Waals surface area contributed by atoms with Gasteiger partial charge in [0.1, 0.15) is 21.5 Å². The van der Waals surface area contributed by atoms with Crippen LogP contribution in [0.1, 0.15) is 5.82 Å². The Morgan fingerprint density at radius 3 is 2.96 bits per heavy atom. The maximum atomic E-state index is 12.1. The predicted molar refractivity (Wildman–Crippen MR) is 90.5 cm³/mol. The zero-order chi connectivity index (χ0) is 16.2. The molecule has 2 N–H and O–H groups in total. The van der Waals surface area contributed by atoms with E-state index in [0.717, 1.165) is 9.86 Å². The second kappa shape index (κ2) is 6.84. The van der Waals surface area contributed by atoms with Gasteiger partial charge in [-0.1, -0.05) is 23.9 Å². The topological polar surface area (TPSA) is 88.1 Å². The molecule has 8 heteroatoms. The molecule has 3 aromatic rings. The number of carbonyl (C=O) groups is 1. The molecule has 0 aliphatic rings. The number of H-pyrrole nitrogens is 1. The lowest BCUT2D eigenvalue weighted by Gasteiger charge is -2.06. The van der Waals surface area contributed by atoms with Gasteiger partial charge in [-0.2, -0.15) is 0 Å². The van der Waals surface area contributed by atoms with E-state index in [4.69, 9.17) is 4.74 Å². The Morgan fingerprint density at radius 1 is 1.43 bits per heavy atom. The largest absolute Gasteiger partial charge is 0.510 e. The van der Waals surface area contributed by atoms with Gasteiger partial charge in [-0.05, 0) is 12.1 Å². The van der Waals surface area contributed by atoms with Gasteiger partial charge in [0.05, 0.1) is 23.9 Å². The number of aromatic nitrogens is 3. The first-order valence-electron chi connectivity index (χ1n) is 6.67. The van der Waals surface area contributed by atoms with E-state index in [1.807, 2.05) is 29.6 Å². The Balaban J connectivity index is 1.95. The molecule has 118 valence electrons. The van der Waals surface area contributed by atoms with Gasteiger partial charge < -0.3 is 14.8 Å². The first-order valence-corrected chi connectivity index (χ1v) is 8.53. The number of methoxy groups -OCH3 is 1. The average Bonchev–Trinajstić information content (AvgIpc) is 3.22. The first-order chi connectivity index (χ1) is 11.2. The number of benzene rings is 1. The van der Waals surface area contributed by atoms with Crippen LogP contribution in [-0.2, 0) is 9.53 Å². The Hall–Kier alpha value is -2.32. The van der Waals surface area contributed by atoms with Crippen molar-refractivity contribution in [3.05, 3.63) is 47.4 Å². The SMILES string of the molecule is COC(=O)/C(=C(/O)CSc1nccs1)c1nc2ccccc2[nH]1. The molecule has 0 bridgehead atoms. The van der Waals surface area contributed by atoms with E-state index in [2.05, 4.69) is 15.0 Å². The number of aromatic amines is 1. The summed E-state index contributed by atoms with van der Waals surface area (Å²) < 4.78 is 5.59. The fraction of sp³-hybridized carbons (Fsp3) is 0.133. The Labute approximate surface area is 140 Å². The molecule has 0 saturated heterocycles. The summed E-state index contributed by atoms with van der Waals surface area (Å²) >= 11 is 2.81. The number of nitrogens with one attached hydrogen (secondary N) is 1. The van der Waals surface area contributed by atoms with Crippen molar-refractivity contribution in [1.29, 1.82) is 0 Å². The smallest absolute Gasteiger partial charge is 0.345 e. The van der Waals surface area contributed by atoms with E-state index < -0.39 is 5.97 Å². The van der Waals surface area contributed by atoms with Gasteiger partial charge in [-0.15, -0.1) is 11.3 Å². The highest BCUT2D eigenvalue weighted by atomic mass is 32.2. The van der Waals surface area contributed by atoms with Crippen molar-refractivity contribution in [2.24, 2.45) is 0 Å². The van der Waals surface area contributed by atoms with Crippen LogP contribution in [0.4, 0.5) is 0 Å². The van der Waals surface area contributed by atoms with E-state index in [0.29, 0.717) is 5.52 Å². The second-order valence-corrected chi connectivity index (χ2v) is 6.62. The summed E-state index contributed by atoms with van der Waals surface area (Å²) in [6.45, 7) is 0. The van der Waals surface area contributed by atoms with Crippen molar-refractivity contribution in [3.63, 3.8) is 0 Å². The number of hydrogen-bond donors (Lipinski definition) is 2. The van der Waals surface area contributed by atoms with Crippen molar-refractivity contribution in [2.45, 2.75) is 4.34 Å². The van der Waals surface area contributed by atoms with Crippen molar-refractivity contribution < 1.29 is 14.6 Å². The minimum absolute atomic E-state index is 0.0350. The lowest BCUT2D eigenvalue weighted by molar-refractivity contribution is -0.133. The molecule has 6 nitrogen and oxygen atoms in total. The number of ether oxygens (including phenoxy) is 1. The van der Waals surface area contributed by atoms with Gasteiger partial charge in [-0.25, -0.2) is 14.8 Å². The number of esters is 1. The number of fused-ring (bicyclic) bond motifs is 1. The molecule has 0 saturated carbocycles. The molecule has 0 amide bonds.